The maximum absolute atomic E-state index is 6.28. The standard InChI is InChI=1S/C12H15Cl2N3/c1-3-17-11(15)16-7-12(17,2)8-5-4-6-9(13)10(8)14/h4-6H,3,7H2,1-2H3,(H2,15,16). The highest BCUT2D eigenvalue weighted by Crippen LogP contribution is 2.39. The third-order valence-electron chi connectivity index (χ3n) is 3.27. The smallest absolute Gasteiger partial charge is 0.192 e. The van der Waals surface area contributed by atoms with Gasteiger partial charge in [-0.1, -0.05) is 35.3 Å². The number of hydrogen-bond acceptors (Lipinski definition) is 3. The molecule has 1 aromatic carbocycles. The number of halogens is 2. The first-order valence-electron chi connectivity index (χ1n) is 5.52. The summed E-state index contributed by atoms with van der Waals surface area (Å²) < 4.78 is 0. The number of rotatable bonds is 2. The lowest BCUT2D eigenvalue weighted by Crippen LogP contribution is -2.47. The molecule has 0 aliphatic carbocycles. The Morgan fingerprint density at radius 3 is 2.82 bits per heavy atom. The SMILES string of the molecule is CCN1C(N)=NCC1(C)c1cccc(Cl)c1Cl. The summed E-state index contributed by atoms with van der Waals surface area (Å²) in [5.41, 5.74) is 6.56. The van der Waals surface area contributed by atoms with Crippen molar-refractivity contribution in [2.24, 2.45) is 10.7 Å². The molecule has 3 nitrogen and oxygen atoms in total. The summed E-state index contributed by atoms with van der Waals surface area (Å²) in [6.45, 7) is 5.52. The molecule has 1 aromatic rings. The summed E-state index contributed by atoms with van der Waals surface area (Å²) in [5.74, 6) is 0.561. The van der Waals surface area contributed by atoms with Gasteiger partial charge in [0.1, 0.15) is 0 Å². The molecule has 1 aliphatic rings. The zero-order valence-electron chi connectivity index (χ0n) is 9.87. The fourth-order valence-corrected chi connectivity index (χ4v) is 2.82. The van der Waals surface area contributed by atoms with Crippen LogP contribution in [0.15, 0.2) is 23.2 Å². The van der Waals surface area contributed by atoms with Crippen LogP contribution in [-0.4, -0.2) is 23.9 Å². The van der Waals surface area contributed by atoms with Crippen molar-refractivity contribution in [3.8, 4) is 0 Å². The molecule has 0 saturated carbocycles. The molecule has 0 spiro atoms. The van der Waals surface area contributed by atoms with E-state index in [1.54, 1.807) is 6.07 Å². The summed E-state index contributed by atoms with van der Waals surface area (Å²) >= 11 is 12.3. The van der Waals surface area contributed by atoms with E-state index in [4.69, 9.17) is 28.9 Å². The van der Waals surface area contributed by atoms with Crippen LogP contribution in [0.3, 0.4) is 0 Å². The Hall–Kier alpha value is -0.930. The lowest BCUT2D eigenvalue weighted by Gasteiger charge is -2.36. The van der Waals surface area contributed by atoms with Crippen LogP contribution >= 0.6 is 23.2 Å². The summed E-state index contributed by atoms with van der Waals surface area (Å²) in [5, 5.41) is 1.15. The largest absolute Gasteiger partial charge is 0.370 e. The van der Waals surface area contributed by atoms with E-state index >= 15 is 0 Å². The summed E-state index contributed by atoms with van der Waals surface area (Å²) in [4.78, 5) is 6.35. The van der Waals surface area contributed by atoms with Gasteiger partial charge in [0.05, 0.1) is 22.1 Å². The average Bonchev–Trinajstić information content (AvgIpc) is 2.59. The van der Waals surface area contributed by atoms with Crippen LogP contribution in [0.1, 0.15) is 19.4 Å². The van der Waals surface area contributed by atoms with Crippen molar-refractivity contribution in [2.75, 3.05) is 13.1 Å². The second-order valence-electron chi connectivity index (χ2n) is 4.29. The lowest BCUT2D eigenvalue weighted by molar-refractivity contribution is 0.235. The van der Waals surface area contributed by atoms with E-state index < -0.39 is 0 Å². The van der Waals surface area contributed by atoms with Crippen LogP contribution in [0.2, 0.25) is 10.0 Å². The Kier molecular flexibility index (Phi) is 3.23. The zero-order chi connectivity index (χ0) is 12.6. The first kappa shape index (κ1) is 12.5. The van der Waals surface area contributed by atoms with Gasteiger partial charge >= 0.3 is 0 Å². The van der Waals surface area contributed by atoms with Crippen molar-refractivity contribution < 1.29 is 0 Å². The number of nitrogens with zero attached hydrogens (tertiary/aromatic N) is 2. The molecule has 1 heterocycles. The molecule has 17 heavy (non-hydrogen) atoms. The van der Waals surface area contributed by atoms with Crippen molar-refractivity contribution in [3.05, 3.63) is 33.8 Å². The molecule has 0 saturated heterocycles. The predicted octanol–water partition coefficient (Wildman–Crippen LogP) is 2.86. The van der Waals surface area contributed by atoms with Gasteiger partial charge in [0.25, 0.3) is 0 Å². The number of benzene rings is 1. The van der Waals surface area contributed by atoms with Gasteiger partial charge in [-0.25, -0.2) is 0 Å². The molecule has 0 fully saturated rings. The molecule has 2 rings (SSSR count). The molecule has 1 aliphatic heterocycles. The Morgan fingerprint density at radius 1 is 1.47 bits per heavy atom. The van der Waals surface area contributed by atoms with E-state index in [0.717, 1.165) is 12.1 Å². The quantitative estimate of drug-likeness (QED) is 0.899. The zero-order valence-corrected chi connectivity index (χ0v) is 11.4. The number of nitrogens with two attached hydrogens (primary N) is 1. The minimum Gasteiger partial charge on any atom is -0.370 e. The van der Waals surface area contributed by atoms with Crippen LogP contribution in [0.5, 0.6) is 0 Å². The second-order valence-corrected chi connectivity index (χ2v) is 5.08. The van der Waals surface area contributed by atoms with E-state index in [1.165, 1.54) is 0 Å². The Morgan fingerprint density at radius 2 is 2.18 bits per heavy atom. The molecule has 92 valence electrons. The first-order chi connectivity index (χ1) is 8.00. The van der Waals surface area contributed by atoms with Gasteiger partial charge < -0.3 is 10.6 Å². The van der Waals surface area contributed by atoms with Gasteiger partial charge in [-0.05, 0) is 25.5 Å². The van der Waals surface area contributed by atoms with E-state index in [9.17, 15) is 0 Å². The molecule has 1 atom stereocenters. The first-order valence-corrected chi connectivity index (χ1v) is 6.28. The predicted molar refractivity (Wildman–Crippen MR) is 72.7 cm³/mol. The Labute approximate surface area is 111 Å². The van der Waals surface area contributed by atoms with Crippen molar-refractivity contribution in [1.29, 1.82) is 0 Å². The summed E-state index contributed by atoms with van der Waals surface area (Å²) in [6, 6.07) is 5.66. The molecule has 2 N–H and O–H groups in total. The fraction of sp³-hybridized carbons (Fsp3) is 0.417. The maximum atomic E-state index is 6.28. The van der Waals surface area contributed by atoms with Gasteiger partial charge in [-0.15, -0.1) is 0 Å². The molecular formula is C12H15Cl2N3. The Balaban J connectivity index is 2.50. The Bertz CT molecular complexity index is 473. The second kappa shape index (κ2) is 4.39. The van der Waals surface area contributed by atoms with Gasteiger partial charge in [0.15, 0.2) is 5.96 Å². The van der Waals surface area contributed by atoms with E-state index in [2.05, 4.69) is 11.9 Å². The molecule has 0 aromatic heterocycles. The number of guanidine groups is 1. The molecule has 5 heteroatoms. The van der Waals surface area contributed by atoms with Crippen molar-refractivity contribution >= 4 is 29.2 Å². The lowest BCUT2D eigenvalue weighted by atomic mass is 9.91. The highest BCUT2D eigenvalue weighted by Gasteiger charge is 2.40. The van der Waals surface area contributed by atoms with Gasteiger partial charge in [-0.3, -0.25) is 4.99 Å². The van der Waals surface area contributed by atoms with Crippen LogP contribution in [0.25, 0.3) is 0 Å². The number of aliphatic imine (C=N–C) groups is 1. The van der Waals surface area contributed by atoms with E-state index in [-0.39, 0.29) is 5.54 Å². The molecule has 1 unspecified atom stereocenters. The van der Waals surface area contributed by atoms with Crippen molar-refractivity contribution in [2.45, 2.75) is 19.4 Å². The molecule has 0 bridgehead atoms. The normalized spacial score (nSPS) is 24.0. The molecular weight excluding hydrogens is 257 g/mol. The fourth-order valence-electron chi connectivity index (χ4n) is 2.32. The molecule has 0 amide bonds. The number of hydrogen-bond donors (Lipinski definition) is 1. The number of likely N-dealkylation sites (N-methyl/N-ethyl adjacent to an activating group) is 1. The highest BCUT2D eigenvalue weighted by molar-refractivity contribution is 6.42. The summed E-state index contributed by atoms with van der Waals surface area (Å²) in [7, 11) is 0. The van der Waals surface area contributed by atoms with Crippen LogP contribution in [-0.2, 0) is 5.54 Å². The van der Waals surface area contributed by atoms with Crippen LogP contribution < -0.4 is 5.73 Å². The minimum atomic E-state index is -0.305. The highest BCUT2D eigenvalue weighted by atomic mass is 35.5. The van der Waals surface area contributed by atoms with Crippen molar-refractivity contribution in [3.63, 3.8) is 0 Å². The van der Waals surface area contributed by atoms with Crippen LogP contribution in [0, 0.1) is 0 Å². The van der Waals surface area contributed by atoms with E-state index in [0.29, 0.717) is 22.5 Å². The topological polar surface area (TPSA) is 41.6 Å². The monoisotopic (exact) mass is 271 g/mol. The van der Waals surface area contributed by atoms with Crippen molar-refractivity contribution in [1.82, 2.24) is 4.90 Å². The minimum absolute atomic E-state index is 0.305. The van der Waals surface area contributed by atoms with E-state index in [1.807, 2.05) is 24.0 Å². The van der Waals surface area contributed by atoms with Crippen LogP contribution in [0.4, 0.5) is 0 Å². The maximum Gasteiger partial charge on any atom is 0.192 e. The van der Waals surface area contributed by atoms with Gasteiger partial charge in [0.2, 0.25) is 0 Å². The van der Waals surface area contributed by atoms with Gasteiger partial charge in [-0.2, -0.15) is 0 Å². The third kappa shape index (κ3) is 1.87. The average molecular weight is 272 g/mol. The molecule has 0 radical (unpaired) electrons. The van der Waals surface area contributed by atoms with Gasteiger partial charge in [0, 0.05) is 6.54 Å². The third-order valence-corrected chi connectivity index (χ3v) is 4.09. The summed E-state index contributed by atoms with van der Waals surface area (Å²) in [6.07, 6.45) is 0.